The van der Waals surface area contributed by atoms with Gasteiger partial charge in [0.1, 0.15) is 6.10 Å². The largest absolute Gasteiger partial charge is 0.433 e. The van der Waals surface area contributed by atoms with Crippen molar-refractivity contribution in [2.75, 3.05) is 0 Å². The van der Waals surface area contributed by atoms with Crippen molar-refractivity contribution in [3.8, 4) is 0 Å². The van der Waals surface area contributed by atoms with Gasteiger partial charge >= 0.3 is 5.97 Å². The third-order valence-corrected chi connectivity index (χ3v) is 2.53. The lowest BCUT2D eigenvalue weighted by atomic mass is 10.2. The SMILES string of the molecule is CC(=O)OC1O[C@H](C)C2OC(C)(C)O[C@@H]12. The molecule has 0 aliphatic carbocycles. The molecule has 0 amide bonds. The Bertz CT molecular complexity index is 275. The second-order valence-corrected chi connectivity index (χ2v) is 4.38. The predicted octanol–water partition coefficient (Wildman–Crippen LogP) is 0.814. The van der Waals surface area contributed by atoms with Gasteiger partial charge in [-0.05, 0) is 20.8 Å². The number of carbonyl (C=O) groups is 1. The normalized spacial score (nSPS) is 42.7. The van der Waals surface area contributed by atoms with Crippen LogP contribution in [0, 0.1) is 0 Å². The number of esters is 1. The van der Waals surface area contributed by atoms with Crippen molar-refractivity contribution < 1.29 is 23.7 Å². The molecule has 0 bridgehead atoms. The fourth-order valence-electron chi connectivity index (χ4n) is 2.02. The van der Waals surface area contributed by atoms with Gasteiger partial charge in [-0.1, -0.05) is 0 Å². The second-order valence-electron chi connectivity index (χ2n) is 4.38. The molecule has 2 heterocycles. The first-order valence-electron chi connectivity index (χ1n) is 5.07. The lowest BCUT2D eigenvalue weighted by Gasteiger charge is -2.22. The standard InChI is InChI=1S/C10H16O5/c1-5-7-8(15-10(3,4)14-7)9(12-5)13-6(2)11/h5,7-9H,1-4H3/t5-,7?,8-,9?/m1/s1. The molecule has 86 valence electrons. The lowest BCUT2D eigenvalue weighted by Crippen LogP contribution is -2.32. The molecule has 0 spiro atoms. The van der Waals surface area contributed by atoms with Crippen LogP contribution in [0.15, 0.2) is 0 Å². The number of rotatable bonds is 1. The maximum atomic E-state index is 10.9. The summed E-state index contributed by atoms with van der Waals surface area (Å²) in [5.41, 5.74) is 0. The Morgan fingerprint density at radius 1 is 1.27 bits per heavy atom. The molecule has 0 aromatic carbocycles. The van der Waals surface area contributed by atoms with Crippen molar-refractivity contribution in [2.45, 2.75) is 58.1 Å². The number of carbonyl (C=O) groups excluding carboxylic acids is 1. The number of hydrogen-bond acceptors (Lipinski definition) is 5. The summed E-state index contributed by atoms with van der Waals surface area (Å²) in [4.78, 5) is 10.9. The summed E-state index contributed by atoms with van der Waals surface area (Å²) in [5, 5.41) is 0. The van der Waals surface area contributed by atoms with Gasteiger partial charge in [-0.3, -0.25) is 4.79 Å². The van der Waals surface area contributed by atoms with Crippen LogP contribution in [0.3, 0.4) is 0 Å². The zero-order valence-corrected chi connectivity index (χ0v) is 9.35. The first-order chi connectivity index (χ1) is 6.89. The smallest absolute Gasteiger partial charge is 0.305 e. The van der Waals surface area contributed by atoms with Gasteiger partial charge in [-0.2, -0.15) is 0 Å². The third-order valence-electron chi connectivity index (χ3n) is 2.53. The van der Waals surface area contributed by atoms with Crippen molar-refractivity contribution >= 4 is 5.97 Å². The van der Waals surface area contributed by atoms with E-state index in [0.29, 0.717) is 0 Å². The van der Waals surface area contributed by atoms with Crippen molar-refractivity contribution in [3.63, 3.8) is 0 Å². The minimum atomic E-state index is -0.649. The van der Waals surface area contributed by atoms with E-state index in [4.69, 9.17) is 18.9 Å². The minimum absolute atomic E-state index is 0.124. The average Bonchev–Trinajstić information content (AvgIpc) is 2.49. The van der Waals surface area contributed by atoms with E-state index in [2.05, 4.69) is 0 Å². The van der Waals surface area contributed by atoms with E-state index in [1.165, 1.54) is 6.92 Å². The number of hydrogen-bond donors (Lipinski definition) is 0. The maximum Gasteiger partial charge on any atom is 0.305 e. The first-order valence-corrected chi connectivity index (χ1v) is 5.07. The second kappa shape index (κ2) is 3.43. The molecule has 2 aliphatic heterocycles. The Kier molecular flexibility index (Phi) is 2.48. The van der Waals surface area contributed by atoms with Crippen LogP contribution in [0.5, 0.6) is 0 Å². The van der Waals surface area contributed by atoms with E-state index in [-0.39, 0.29) is 24.3 Å². The Balaban J connectivity index is 2.09. The van der Waals surface area contributed by atoms with Crippen LogP contribution in [0.2, 0.25) is 0 Å². The summed E-state index contributed by atoms with van der Waals surface area (Å²) in [5.74, 6) is -1.01. The molecule has 5 nitrogen and oxygen atoms in total. The van der Waals surface area contributed by atoms with E-state index in [9.17, 15) is 4.79 Å². The molecule has 0 radical (unpaired) electrons. The van der Waals surface area contributed by atoms with Crippen LogP contribution in [0.4, 0.5) is 0 Å². The molecule has 2 aliphatic rings. The van der Waals surface area contributed by atoms with Gasteiger partial charge in [-0.15, -0.1) is 0 Å². The van der Waals surface area contributed by atoms with Crippen molar-refractivity contribution in [2.24, 2.45) is 0 Å². The van der Waals surface area contributed by atoms with E-state index in [1.54, 1.807) is 0 Å². The molecule has 15 heavy (non-hydrogen) atoms. The highest BCUT2D eigenvalue weighted by atomic mass is 16.8. The van der Waals surface area contributed by atoms with Crippen molar-refractivity contribution in [3.05, 3.63) is 0 Å². The zero-order valence-electron chi connectivity index (χ0n) is 9.35. The number of ether oxygens (including phenoxy) is 4. The Morgan fingerprint density at radius 2 is 1.87 bits per heavy atom. The third kappa shape index (κ3) is 2.00. The molecule has 2 fully saturated rings. The molecule has 0 aromatic rings. The van der Waals surface area contributed by atoms with E-state index in [1.807, 2.05) is 20.8 Å². The Labute approximate surface area is 88.6 Å². The van der Waals surface area contributed by atoms with Crippen LogP contribution in [-0.2, 0) is 23.7 Å². The maximum absolute atomic E-state index is 10.9. The summed E-state index contributed by atoms with van der Waals surface area (Å²) in [7, 11) is 0. The fourth-order valence-corrected chi connectivity index (χ4v) is 2.02. The van der Waals surface area contributed by atoms with Crippen LogP contribution >= 0.6 is 0 Å². The topological polar surface area (TPSA) is 54.0 Å². The summed E-state index contributed by atoms with van der Waals surface area (Å²) < 4.78 is 21.8. The number of fused-ring (bicyclic) bond motifs is 1. The van der Waals surface area contributed by atoms with Crippen molar-refractivity contribution in [1.82, 2.24) is 0 Å². The summed E-state index contributed by atoms with van der Waals surface area (Å²) in [6.45, 7) is 6.90. The van der Waals surface area contributed by atoms with E-state index >= 15 is 0 Å². The van der Waals surface area contributed by atoms with E-state index < -0.39 is 12.1 Å². The highest BCUT2D eigenvalue weighted by molar-refractivity contribution is 5.66. The molecule has 2 saturated heterocycles. The van der Waals surface area contributed by atoms with Crippen LogP contribution in [0.25, 0.3) is 0 Å². The highest BCUT2D eigenvalue weighted by Gasteiger charge is 2.55. The van der Waals surface area contributed by atoms with Gasteiger partial charge in [0, 0.05) is 6.92 Å². The van der Waals surface area contributed by atoms with Crippen LogP contribution in [0.1, 0.15) is 27.7 Å². The molecule has 4 atom stereocenters. The van der Waals surface area contributed by atoms with Gasteiger partial charge < -0.3 is 18.9 Å². The van der Waals surface area contributed by atoms with Crippen LogP contribution < -0.4 is 0 Å². The van der Waals surface area contributed by atoms with Gasteiger partial charge in [0.05, 0.1) is 6.10 Å². The van der Waals surface area contributed by atoms with Crippen LogP contribution in [-0.4, -0.2) is 36.4 Å². The fraction of sp³-hybridized carbons (Fsp3) is 0.900. The van der Waals surface area contributed by atoms with E-state index in [0.717, 1.165) is 0 Å². The first kappa shape index (κ1) is 10.9. The quantitative estimate of drug-likeness (QED) is 0.607. The molecular formula is C10H16O5. The minimum Gasteiger partial charge on any atom is -0.433 e. The molecule has 5 heteroatoms. The predicted molar refractivity (Wildman–Crippen MR) is 49.9 cm³/mol. The Hall–Kier alpha value is -0.650. The summed E-state index contributed by atoms with van der Waals surface area (Å²) in [6, 6.07) is 0. The molecule has 0 aromatic heterocycles. The van der Waals surface area contributed by atoms with Gasteiger partial charge in [-0.25, -0.2) is 0 Å². The highest BCUT2D eigenvalue weighted by Crippen LogP contribution is 2.38. The lowest BCUT2D eigenvalue weighted by molar-refractivity contribution is -0.229. The molecular weight excluding hydrogens is 200 g/mol. The zero-order chi connectivity index (χ0) is 11.2. The molecule has 0 N–H and O–H groups in total. The van der Waals surface area contributed by atoms with Crippen molar-refractivity contribution in [1.29, 1.82) is 0 Å². The molecule has 2 rings (SSSR count). The average molecular weight is 216 g/mol. The van der Waals surface area contributed by atoms with Gasteiger partial charge in [0.15, 0.2) is 11.9 Å². The van der Waals surface area contributed by atoms with Gasteiger partial charge in [0.25, 0.3) is 0 Å². The molecule has 2 unspecified atom stereocenters. The Morgan fingerprint density at radius 3 is 2.47 bits per heavy atom. The van der Waals surface area contributed by atoms with Gasteiger partial charge in [0.2, 0.25) is 6.29 Å². The summed E-state index contributed by atoms with van der Waals surface area (Å²) >= 11 is 0. The monoisotopic (exact) mass is 216 g/mol. The summed E-state index contributed by atoms with van der Waals surface area (Å²) in [6.07, 6.45) is -1.26. The molecule has 0 saturated carbocycles.